The van der Waals surface area contributed by atoms with Gasteiger partial charge in [0.05, 0.1) is 12.7 Å². The van der Waals surface area contributed by atoms with Crippen LogP contribution in [0.5, 0.6) is 0 Å². The van der Waals surface area contributed by atoms with Crippen LogP contribution >= 0.6 is 0 Å². The molecule has 1 aliphatic heterocycles. The molecule has 1 N–H and O–H groups in total. The van der Waals surface area contributed by atoms with Crippen LogP contribution in [-0.4, -0.2) is 19.2 Å². The summed E-state index contributed by atoms with van der Waals surface area (Å²) in [6.45, 7) is 10.5. The summed E-state index contributed by atoms with van der Waals surface area (Å²) in [6.07, 6.45) is 0.195. The summed E-state index contributed by atoms with van der Waals surface area (Å²) in [6, 6.07) is 7.21. The van der Waals surface area contributed by atoms with E-state index in [1.165, 1.54) is 16.7 Å². The van der Waals surface area contributed by atoms with E-state index in [1.54, 1.807) is 0 Å². The Kier molecular flexibility index (Phi) is 3.85. The van der Waals surface area contributed by atoms with Crippen molar-refractivity contribution in [2.45, 2.75) is 39.8 Å². The van der Waals surface area contributed by atoms with Gasteiger partial charge in [0, 0.05) is 12.6 Å². The number of rotatable bonds is 1. The third-order valence-corrected chi connectivity index (χ3v) is 3.65. The van der Waals surface area contributed by atoms with Gasteiger partial charge >= 0.3 is 0 Å². The zero-order valence-corrected chi connectivity index (χ0v) is 11.3. The van der Waals surface area contributed by atoms with Crippen molar-refractivity contribution in [2.75, 3.05) is 13.2 Å². The van der Waals surface area contributed by atoms with Crippen molar-refractivity contribution in [3.63, 3.8) is 0 Å². The topological polar surface area (TPSA) is 21.3 Å². The van der Waals surface area contributed by atoms with Crippen molar-refractivity contribution in [3.8, 4) is 0 Å². The van der Waals surface area contributed by atoms with Crippen LogP contribution in [-0.2, 0) is 4.74 Å². The molecule has 17 heavy (non-hydrogen) atoms. The molecule has 0 radical (unpaired) electrons. The molecule has 0 spiro atoms. The molecule has 1 heterocycles. The summed E-state index contributed by atoms with van der Waals surface area (Å²) in [5.41, 5.74) is 3.93. The van der Waals surface area contributed by atoms with Crippen molar-refractivity contribution >= 4 is 0 Å². The standard InChI is InChI=1S/C15H23NO/c1-10-5-11(2)7-14(6-10)15-8-16-13(4)12(3)9-17-15/h5-7,12-13,15-16H,8-9H2,1-4H3. The second-order valence-electron chi connectivity index (χ2n) is 5.42. The number of ether oxygens (including phenoxy) is 1. The summed E-state index contributed by atoms with van der Waals surface area (Å²) in [7, 11) is 0. The molecule has 94 valence electrons. The molecule has 2 heteroatoms. The van der Waals surface area contributed by atoms with E-state index in [2.05, 4.69) is 51.2 Å². The van der Waals surface area contributed by atoms with Gasteiger partial charge in [0.2, 0.25) is 0 Å². The van der Waals surface area contributed by atoms with Crippen LogP contribution in [0.15, 0.2) is 18.2 Å². The molecule has 2 nitrogen and oxygen atoms in total. The summed E-state index contributed by atoms with van der Waals surface area (Å²) < 4.78 is 6.02. The predicted molar refractivity (Wildman–Crippen MR) is 71.2 cm³/mol. The quantitative estimate of drug-likeness (QED) is 0.805. The minimum absolute atomic E-state index is 0.195. The third-order valence-electron chi connectivity index (χ3n) is 3.65. The smallest absolute Gasteiger partial charge is 0.0949 e. The van der Waals surface area contributed by atoms with E-state index in [1.807, 2.05) is 0 Å². The highest BCUT2D eigenvalue weighted by atomic mass is 16.5. The maximum Gasteiger partial charge on any atom is 0.0949 e. The molecular formula is C15H23NO. The fraction of sp³-hybridized carbons (Fsp3) is 0.600. The Balaban J connectivity index is 2.16. The Morgan fingerprint density at radius 2 is 1.76 bits per heavy atom. The maximum absolute atomic E-state index is 6.02. The fourth-order valence-electron chi connectivity index (χ4n) is 2.38. The Morgan fingerprint density at radius 3 is 2.41 bits per heavy atom. The lowest BCUT2D eigenvalue weighted by Gasteiger charge is -2.17. The molecule has 1 saturated heterocycles. The first kappa shape index (κ1) is 12.6. The van der Waals surface area contributed by atoms with Crippen molar-refractivity contribution in [3.05, 3.63) is 34.9 Å². The number of hydrogen-bond acceptors (Lipinski definition) is 2. The van der Waals surface area contributed by atoms with E-state index in [-0.39, 0.29) is 6.10 Å². The van der Waals surface area contributed by atoms with E-state index >= 15 is 0 Å². The molecule has 1 aromatic rings. The Bertz CT molecular complexity index is 356. The first-order chi connectivity index (χ1) is 8.06. The van der Waals surface area contributed by atoms with Gasteiger partial charge in [-0.3, -0.25) is 0 Å². The summed E-state index contributed by atoms with van der Waals surface area (Å²) in [4.78, 5) is 0. The van der Waals surface area contributed by atoms with E-state index in [4.69, 9.17) is 4.74 Å². The summed E-state index contributed by atoms with van der Waals surface area (Å²) in [5.74, 6) is 0.575. The van der Waals surface area contributed by atoms with Crippen LogP contribution in [0.2, 0.25) is 0 Å². The largest absolute Gasteiger partial charge is 0.372 e. The molecule has 0 saturated carbocycles. The fourth-order valence-corrected chi connectivity index (χ4v) is 2.38. The van der Waals surface area contributed by atoms with Crippen LogP contribution in [0.3, 0.4) is 0 Å². The molecular weight excluding hydrogens is 210 g/mol. The van der Waals surface area contributed by atoms with Crippen molar-refractivity contribution in [1.29, 1.82) is 0 Å². The van der Waals surface area contributed by atoms with Gasteiger partial charge in [-0.1, -0.05) is 36.2 Å². The van der Waals surface area contributed by atoms with Crippen LogP contribution in [0.4, 0.5) is 0 Å². The van der Waals surface area contributed by atoms with E-state index < -0.39 is 0 Å². The second kappa shape index (κ2) is 5.19. The highest BCUT2D eigenvalue weighted by Crippen LogP contribution is 2.23. The molecule has 0 aliphatic carbocycles. The number of aryl methyl sites for hydroxylation is 2. The van der Waals surface area contributed by atoms with Crippen LogP contribution in [0, 0.1) is 19.8 Å². The lowest BCUT2D eigenvalue weighted by Crippen LogP contribution is -2.32. The normalized spacial score (nSPS) is 30.0. The molecule has 1 fully saturated rings. The lowest BCUT2D eigenvalue weighted by molar-refractivity contribution is 0.0496. The molecule has 0 aromatic heterocycles. The van der Waals surface area contributed by atoms with E-state index in [9.17, 15) is 0 Å². The molecule has 3 atom stereocenters. The van der Waals surface area contributed by atoms with Crippen molar-refractivity contribution in [1.82, 2.24) is 5.32 Å². The Labute approximate surface area is 104 Å². The minimum atomic E-state index is 0.195. The molecule has 0 amide bonds. The average molecular weight is 233 g/mol. The van der Waals surface area contributed by atoms with E-state index in [0.29, 0.717) is 12.0 Å². The summed E-state index contributed by atoms with van der Waals surface area (Å²) >= 11 is 0. The van der Waals surface area contributed by atoms with E-state index in [0.717, 1.165) is 13.2 Å². The number of benzene rings is 1. The first-order valence-electron chi connectivity index (χ1n) is 6.49. The summed E-state index contributed by atoms with van der Waals surface area (Å²) in [5, 5.41) is 3.56. The van der Waals surface area contributed by atoms with Crippen LogP contribution in [0.1, 0.15) is 36.6 Å². The zero-order chi connectivity index (χ0) is 12.4. The van der Waals surface area contributed by atoms with Gasteiger partial charge in [-0.05, 0) is 32.3 Å². The zero-order valence-electron chi connectivity index (χ0n) is 11.3. The van der Waals surface area contributed by atoms with Gasteiger partial charge in [-0.15, -0.1) is 0 Å². The Hall–Kier alpha value is -0.860. The van der Waals surface area contributed by atoms with Gasteiger partial charge in [0.1, 0.15) is 0 Å². The SMILES string of the molecule is Cc1cc(C)cc(C2CNC(C)C(C)CO2)c1. The molecule has 2 rings (SSSR count). The lowest BCUT2D eigenvalue weighted by atomic mass is 10.0. The van der Waals surface area contributed by atoms with Crippen LogP contribution in [0.25, 0.3) is 0 Å². The number of nitrogens with one attached hydrogen (secondary N) is 1. The first-order valence-corrected chi connectivity index (χ1v) is 6.49. The third kappa shape index (κ3) is 3.08. The molecule has 1 aliphatic rings. The highest BCUT2D eigenvalue weighted by Gasteiger charge is 2.22. The Morgan fingerprint density at radius 1 is 1.12 bits per heavy atom. The molecule has 3 unspecified atom stereocenters. The predicted octanol–water partition coefficient (Wildman–Crippen LogP) is 2.99. The van der Waals surface area contributed by atoms with Gasteiger partial charge in [-0.2, -0.15) is 0 Å². The van der Waals surface area contributed by atoms with Gasteiger partial charge in [-0.25, -0.2) is 0 Å². The maximum atomic E-state index is 6.02. The van der Waals surface area contributed by atoms with Gasteiger partial charge in [0.15, 0.2) is 0 Å². The van der Waals surface area contributed by atoms with Gasteiger partial charge < -0.3 is 10.1 Å². The molecule has 0 bridgehead atoms. The molecule has 1 aromatic carbocycles. The second-order valence-corrected chi connectivity index (χ2v) is 5.42. The van der Waals surface area contributed by atoms with Crippen molar-refractivity contribution < 1.29 is 4.74 Å². The van der Waals surface area contributed by atoms with Crippen LogP contribution < -0.4 is 5.32 Å². The monoisotopic (exact) mass is 233 g/mol. The van der Waals surface area contributed by atoms with Gasteiger partial charge in [0.25, 0.3) is 0 Å². The average Bonchev–Trinajstić information content (AvgIpc) is 2.41. The minimum Gasteiger partial charge on any atom is -0.372 e. The number of hydrogen-bond donors (Lipinski definition) is 1. The van der Waals surface area contributed by atoms with Crippen molar-refractivity contribution in [2.24, 2.45) is 5.92 Å². The highest BCUT2D eigenvalue weighted by molar-refractivity contribution is 5.30.